The third-order valence-corrected chi connectivity index (χ3v) is 4.12. The van der Waals surface area contributed by atoms with Gasteiger partial charge in [-0.1, -0.05) is 12.1 Å². The molecule has 3 rings (SSSR count). The molecular weight excluding hydrogens is 322 g/mol. The standard InChI is InChI=1S/C18H19N3O4/c1-11-12(2)25-17-16(11)18(23)21(10-20-17)9-15(22)19-8-13-4-6-14(24-3)7-5-13/h4-7,10H,8-9H2,1-3H3,(H,19,22). The van der Waals surface area contributed by atoms with Crippen LogP contribution in [0.25, 0.3) is 11.1 Å². The van der Waals surface area contributed by atoms with Gasteiger partial charge in [-0.05, 0) is 31.5 Å². The highest BCUT2D eigenvalue weighted by Gasteiger charge is 2.15. The number of aromatic nitrogens is 2. The highest BCUT2D eigenvalue weighted by atomic mass is 16.5. The van der Waals surface area contributed by atoms with Crippen LogP contribution in [0.5, 0.6) is 5.75 Å². The van der Waals surface area contributed by atoms with Gasteiger partial charge in [0, 0.05) is 12.1 Å². The normalized spacial score (nSPS) is 10.8. The van der Waals surface area contributed by atoms with E-state index in [1.54, 1.807) is 21.0 Å². The van der Waals surface area contributed by atoms with Gasteiger partial charge < -0.3 is 14.5 Å². The van der Waals surface area contributed by atoms with Gasteiger partial charge in [0.1, 0.15) is 29.8 Å². The van der Waals surface area contributed by atoms with Gasteiger partial charge in [0.05, 0.1) is 7.11 Å². The fourth-order valence-corrected chi connectivity index (χ4v) is 2.54. The fourth-order valence-electron chi connectivity index (χ4n) is 2.54. The first-order valence-corrected chi connectivity index (χ1v) is 7.84. The van der Waals surface area contributed by atoms with Gasteiger partial charge >= 0.3 is 0 Å². The summed E-state index contributed by atoms with van der Waals surface area (Å²) in [6, 6.07) is 7.40. The molecule has 0 saturated heterocycles. The maximum Gasteiger partial charge on any atom is 0.265 e. The van der Waals surface area contributed by atoms with Crippen molar-refractivity contribution in [2.75, 3.05) is 7.11 Å². The van der Waals surface area contributed by atoms with Crippen LogP contribution in [0.3, 0.4) is 0 Å². The molecular formula is C18H19N3O4. The molecule has 0 saturated carbocycles. The number of aryl methyl sites for hydroxylation is 2. The van der Waals surface area contributed by atoms with E-state index in [0.29, 0.717) is 23.4 Å². The van der Waals surface area contributed by atoms with Crippen molar-refractivity contribution in [3.8, 4) is 5.75 Å². The molecule has 0 aliphatic heterocycles. The lowest BCUT2D eigenvalue weighted by Gasteiger charge is -2.08. The first-order chi connectivity index (χ1) is 12.0. The predicted molar refractivity (Wildman–Crippen MR) is 92.6 cm³/mol. The average molecular weight is 341 g/mol. The van der Waals surface area contributed by atoms with E-state index in [4.69, 9.17) is 9.15 Å². The van der Waals surface area contributed by atoms with E-state index in [1.165, 1.54) is 10.9 Å². The van der Waals surface area contributed by atoms with Crippen LogP contribution in [0.4, 0.5) is 0 Å². The molecule has 0 aliphatic rings. The topological polar surface area (TPSA) is 86.4 Å². The summed E-state index contributed by atoms with van der Waals surface area (Å²) in [5.74, 6) is 1.14. The molecule has 1 aromatic carbocycles. The molecule has 0 unspecified atom stereocenters. The van der Waals surface area contributed by atoms with Crippen molar-refractivity contribution >= 4 is 17.0 Å². The number of benzene rings is 1. The summed E-state index contributed by atoms with van der Waals surface area (Å²) in [4.78, 5) is 28.8. The number of furan rings is 1. The fraction of sp³-hybridized carbons (Fsp3) is 0.278. The number of fused-ring (bicyclic) bond motifs is 1. The lowest BCUT2D eigenvalue weighted by molar-refractivity contribution is -0.121. The molecule has 7 heteroatoms. The van der Waals surface area contributed by atoms with E-state index >= 15 is 0 Å². The first-order valence-electron chi connectivity index (χ1n) is 7.84. The molecule has 0 aliphatic carbocycles. The monoisotopic (exact) mass is 341 g/mol. The first kappa shape index (κ1) is 16.8. The second kappa shape index (κ2) is 6.80. The van der Waals surface area contributed by atoms with Crippen molar-refractivity contribution in [1.82, 2.24) is 14.9 Å². The van der Waals surface area contributed by atoms with Crippen LogP contribution in [0.2, 0.25) is 0 Å². The Labute approximate surface area is 144 Å². The lowest BCUT2D eigenvalue weighted by Crippen LogP contribution is -2.32. The zero-order valence-corrected chi connectivity index (χ0v) is 14.3. The van der Waals surface area contributed by atoms with Crippen LogP contribution in [-0.2, 0) is 17.9 Å². The number of amides is 1. The van der Waals surface area contributed by atoms with Crippen molar-refractivity contribution < 1.29 is 13.9 Å². The van der Waals surface area contributed by atoms with E-state index in [-0.39, 0.29) is 18.0 Å². The molecule has 2 heterocycles. The van der Waals surface area contributed by atoms with Crippen molar-refractivity contribution in [2.45, 2.75) is 26.9 Å². The number of nitrogens with zero attached hydrogens (tertiary/aromatic N) is 2. The minimum atomic E-state index is -0.279. The molecule has 0 fully saturated rings. The number of rotatable bonds is 5. The number of methoxy groups -OCH3 is 1. The van der Waals surface area contributed by atoms with E-state index in [1.807, 2.05) is 24.3 Å². The van der Waals surface area contributed by atoms with Crippen LogP contribution in [0.1, 0.15) is 16.9 Å². The zero-order chi connectivity index (χ0) is 18.0. The number of carbonyl (C=O) groups is 1. The van der Waals surface area contributed by atoms with E-state index in [0.717, 1.165) is 16.9 Å². The van der Waals surface area contributed by atoms with Crippen molar-refractivity contribution in [3.05, 3.63) is 57.8 Å². The maximum absolute atomic E-state index is 12.5. The third kappa shape index (κ3) is 3.40. The Bertz CT molecular complexity index is 970. The highest BCUT2D eigenvalue weighted by Crippen LogP contribution is 2.19. The van der Waals surface area contributed by atoms with Gasteiger partial charge in [0.15, 0.2) is 0 Å². The number of hydrogen-bond acceptors (Lipinski definition) is 5. The van der Waals surface area contributed by atoms with Crippen LogP contribution in [-0.4, -0.2) is 22.6 Å². The van der Waals surface area contributed by atoms with Crippen molar-refractivity contribution in [2.24, 2.45) is 0 Å². The van der Waals surface area contributed by atoms with Crippen LogP contribution in [0.15, 0.2) is 39.8 Å². The van der Waals surface area contributed by atoms with Crippen LogP contribution < -0.4 is 15.6 Å². The second-order valence-electron chi connectivity index (χ2n) is 5.77. The summed E-state index contributed by atoms with van der Waals surface area (Å²) in [5, 5.41) is 3.21. The largest absolute Gasteiger partial charge is 0.497 e. The van der Waals surface area contributed by atoms with Crippen LogP contribution in [0, 0.1) is 13.8 Å². The van der Waals surface area contributed by atoms with E-state index in [2.05, 4.69) is 10.3 Å². The summed E-state index contributed by atoms with van der Waals surface area (Å²) < 4.78 is 11.8. The van der Waals surface area contributed by atoms with E-state index < -0.39 is 0 Å². The molecule has 0 atom stereocenters. The van der Waals surface area contributed by atoms with Gasteiger partial charge in [-0.25, -0.2) is 4.98 Å². The smallest absolute Gasteiger partial charge is 0.265 e. The molecule has 2 aromatic heterocycles. The van der Waals surface area contributed by atoms with Crippen molar-refractivity contribution in [1.29, 1.82) is 0 Å². The SMILES string of the molecule is COc1ccc(CNC(=O)Cn2cnc3oc(C)c(C)c3c2=O)cc1. The van der Waals surface area contributed by atoms with Crippen LogP contribution >= 0.6 is 0 Å². The molecule has 0 radical (unpaired) electrons. The highest BCUT2D eigenvalue weighted by molar-refractivity contribution is 5.79. The number of nitrogens with one attached hydrogen (secondary N) is 1. The summed E-state index contributed by atoms with van der Waals surface area (Å²) in [7, 11) is 1.60. The zero-order valence-electron chi connectivity index (χ0n) is 14.3. The second-order valence-corrected chi connectivity index (χ2v) is 5.77. The van der Waals surface area contributed by atoms with Gasteiger partial charge in [-0.3, -0.25) is 14.2 Å². The number of carbonyl (C=O) groups excluding carboxylic acids is 1. The summed E-state index contributed by atoms with van der Waals surface area (Å²) in [6.45, 7) is 3.86. The van der Waals surface area contributed by atoms with Gasteiger partial charge in [-0.2, -0.15) is 0 Å². The van der Waals surface area contributed by atoms with Crippen molar-refractivity contribution in [3.63, 3.8) is 0 Å². The Hall–Kier alpha value is -3.09. The number of ether oxygens (including phenoxy) is 1. The van der Waals surface area contributed by atoms with Gasteiger partial charge in [0.25, 0.3) is 5.56 Å². The number of hydrogen-bond donors (Lipinski definition) is 1. The third-order valence-electron chi connectivity index (χ3n) is 4.12. The van der Waals surface area contributed by atoms with Gasteiger partial charge in [-0.15, -0.1) is 0 Å². The molecule has 1 amide bonds. The quantitative estimate of drug-likeness (QED) is 0.766. The Morgan fingerprint density at radius 2 is 2.00 bits per heavy atom. The van der Waals surface area contributed by atoms with Gasteiger partial charge in [0.2, 0.25) is 11.6 Å². The molecule has 130 valence electrons. The molecule has 25 heavy (non-hydrogen) atoms. The molecule has 3 aromatic rings. The average Bonchev–Trinajstić information content (AvgIpc) is 2.91. The molecule has 0 bridgehead atoms. The predicted octanol–water partition coefficient (Wildman–Crippen LogP) is 1.93. The molecule has 0 spiro atoms. The Morgan fingerprint density at radius 1 is 1.28 bits per heavy atom. The van der Waals surface area contributed by atoms with E-state index in [9.17, 15) is 9.59 Å². The maximum atomic E-state index is 12.5. The summed E-state index contributed by atoms with van der Waals surface area (Å²) in [6.07, 6.45) is 1.33. The minimum absolute atomic E-state index is 0.0956. The Morgan fingerprint density at radius 3 is 2.68 bits per heavy atom. The Kier molecular flexibility index (Phi) is 4.56. The minimum Gasteiger partial charge on any atom is -0.497 e. The summed E-state index contributed by atoms with van der Waals surface area (Å²) in [5.41, 5.74) is 1.71. The Balaban J connectivity index is 1.70. The lowest BCUT2D eigenvalue weighted by atomic mass is 10.2. The molecule has 7 nitrogen and oxygen atoms in total. The molecule has 1 N–H and O–H groups in total. The summed E-state index contributed by atoms with van der Waals surface area (Å²) >= 11 is 0.